The van der Waals surface area contributed by atoms with E-state index in [2.05, 4.69) is 12.2 Å². The van der Waals surface area contributed by atoms with Crippen LogP contribution in [0.15, 0.2) is 18.2 Å². The standard InChI is InChI=1S/C13H17FN2/c1-2-13(11-6-16-7-12(11)13)8-3-9(14)5-10(15)4-8/h3-5,11-12,16H,2,6-7,15H2,1H3/t11-,12+,13?. The van der Waals surface area contributed by atoms with Crippen molar-refractivity contribution < 1.29 is 4.39 Å². The smallest absolute Gasteiger partial charge is 0.125 e. The number of benzene rings is 1. The van der Waals surface area contributed by atoms with Crippen LogP contribution < -0.4 is 11.1 Å². The van der Waals surface area contributed by atoms with E-state index in [1.807, 2.05) is 6.07 Å². The van der Waals surface area contributed by atoms with Crippen molar-refractivity contribution in [1.82, 2.24) is 5.32 Å². The molecule has 1 saturated heterocycles. The Labute approximate surface area is 95.0 Å². The highest BCUT2D eigenvalue weighted by molar-refractivity contribution is 5.48. The first kappa shape index (κ1) is 10.1. The fraction of sp³-hybridized carbons (Fsp3) is 0.538. The molecule has 1 aromatic carbocycles. The van der Waals surface area contributed by atoms with Crippen LogP contribution in [-0.2, 0) is 5.41 Å². The summed E-state index contributed by atoms with van der Waals surface area (Å²) in [5.74, 6) is 1.15. The molecule has 2 nitrogen and oxygen atoms in total. The van der Waals surface area contributed by atoms with Crippen molar-refractivity contribution in [3.63, 3.8) is 0 Å². The molecule has 2 aliphatic rings. The minimum absolute atomic E-state index is 0.196. The second-order valence-corrected chi connectivity index (χ2v) is 5.04. The summed E-state index contributed by atoms with van der Waals surface area (Å²) in [6.07, 6.45) is 1.08. The molecular weight excluding hydrogens is 203 g/mol. The molecule has 1 aliphatic heterocycles. The third kappa shape index (κ3) is 1.15. The van der Waals surface area contributed by atoms with E-state index in [0.717, 1.165) is 25.1 Å². The molecule has 86 valence electrons. The first-order valence-corrected chi connectivity index (χ1v) is 5.95. The molecular formula is C13H17FN2. The van der Waals surface area contributed by atoms with E-state index < -0.39 is 0 Å². The van der Waals surface area contributed by atoms with Crippen LogP contribution in [0.2, 0.25) is 0 Å². The Hall–Kier alpha value is -1.09. The average Bonchev–Trinajstić information content (AvgIpc) is 2.62. The summed E-state index contributed by atoms with van der Waals surface area (Å²) < 4.78 is 13.4. The zero-order valence-corrected chi connectivity index (χ0v) is 9.46. The predicted octanol–water partition coefficient (Wildman–Crippen LogP) is 1.90. The van der Waals surface area contributed by atoms with Crippen molar-refractivity contribution in [2.45, 2.75) is 18.8 Å². The van der Waals surface area contributed by atoms with Gasteiger partial charge in [0.15, 0.2) is 0 Å². The molecule has 0 spiro atoms. The second kappa shape index (κ2) is 3.20. The SMILES string of the molecule is CCC1(c2cc(N)cc(F)c2)[C@@H]2CNC[C@@H]21. The van der Waals surface area contributed by atoms with Crippen LogP contribution in [0.25, 0.3) is 0 Å². The summed E-state index contributed by atoms with van der Waals surface area (Å²) in [6, 6.07) is 5.01. The van der Waals surface area contributed by atoms with Crippen molar-refractivity contribution in [2.24, 2.45) is 11.8 Å². The third-order valence-corrected chi connectivity index (χ3v) is 4.47. The monoisotopic (exact) mass is 220 g/mol. The Morgan fingerprint density at radius 2 is 2.06 bits per heavy atom. The van der Waals surface area contributed by atoms with Gasteiger partial charge in [0.25, 0.3) is 0 Å². The molecule has 1 unspecified atom stereocenters. The van der Waals surface area contributed by atoms with E-state index in [1.165, 1.54) is 6.07 Å². The largest absolute Gasteiger partial charge is 0.399 e. The Kier molecular flexibility index (Phi) is 2.02. The second-order valence-electron chi connectivity index (χ2n) is 5.04. The first-order valence-electron chi connectivity index (χ1n) is 5.95. The summed E-state index contributed by atoms with van der Waals surface area (Å²) in [5, 5.41) is 3.38. The van der Waals surface area contributed by atoms with E-state index in [0.29, 0.717) is 17.5 Å². The number of anilines is 1. The maximum Gasteiger partial charge on any atom is 0.125 e. The Balaban J connectivity index is 2.02. The van der Waals surface area contributed by atoms with Gasteiger partial charge in [-0.15, -0.1) is 0 Å². The molecule has 1 heterocycles. The van der Waals surface area contributed by atoms with Gasteiger partial charge in [-0.1, -0.05) is 6.92 Å². The third-order valence-electron chi connectivity index (χ3n) is 4.47. The van der Waals surface area contributed by atoms with Gasteiger partial charge in [0.2, 0.25) is 0 Å². The zero-order valence-electron chi connectivity index (χ0n) is 9.46. The topological polar surface area (TPSA) is 38.0 Å². The highest BCUT2D eigenvalue weighted by Crippen LogP contribution is 2.63. The van der Waals surface area contributed by atoms with Crippen molar-refractivity contribution in [2.75, 3.05) is 18.8 Å². The Morgan fingerprint density at radius 3 is 2.62 bits per heavy atom. The summed E-state index contributed by atoms with van der Waals surface area (Å²) in [7, 11) is 0. The number of nitrogens with one attached hydrogen (secondary N) is 1. The molecule has 3 atom stereocenters. The van der Waals surface area contributed by atoms with Gasteiger partial charge >= 0.3 is 0 Å². The molecule has 0 radical (unpaired) electrons. The van der Waals surface area contributed by atoms with E-state index in [4.69, 9.17) is 5.73 Å². The highest BCUT2D eigenvalue weighted by atomic mass is 19.1. The molecule has 3 N–H and O–H groups in total. The highest BCUT2D eigenvalue weighted by Gasteiger charge is 2.65. The van der Waals surface area contributed by atoms with Gasteiger partial charge in [-0.25, -0.2) is 4.39 Å². The summed E-state index contributed by atoms with van der Waals surface area (Å²) >= 11 is 0. The van der Waals surface area contributed by atoms with Crippen molar-refractivity contribution >= 4 is 5.69 Å². The van der Waals surface area contributed by atoms with E-state index >= 15 is 0 Å². The molecule has 0 bridgehead atoms. The van der Waals surface area contributed by atoms with Crippen molar-refractivity contribution in [1.29, 1.82) is 0 Å². The van der Waals surface area contributed by atoms with Crippen LogP contribution in [0, 0.1) is 17.7 Å². The fourth-order valence-electron chi connectivity index (χ4n) is 3.69. The van der Waals surface area contributed by atoms with E-state index in [1.54, 1.807) is 6.07 Å². The molecule has 0 amide bonds. The number of nitrogens with two attached hydrogens (primary N) is 1. The lowest BCUT2D eigenvalue weighted by Gasteiger charge is -2.20. The van der Waals surface area contributed by atoms with Gasteiger partial charge < -0.3 is 11.1 Å². The van der Waals surface area contributed by atoms with Crippen molar-refractivity contribution in [3.8, 4) is 0 Å². The maximum absolute atomic E-state index is 13.4. The Bertz CT molecular complexity index is 400. The minimum atomic E-state index is -0.208. The number of rotatable bonds is 2. The molecule has 3 rings (SSSR count). The van der Waals surface area contributed by atoms with E-state index in [-0.39, 0.29) is 11.2 Å². The minimum Gasteiger partial charge on any atom is -0.399 e. The molecule has 1 aromatic rings. The van der Waals surface area contributed by atoms with Crippen LogP contribution in [-0.4, -0.2) is 13.1 Å². The molecule has 1 saturated carbocycles. The summed E-state index contributed by atoms with van der Waals surface area (Å²) in [6.45, 7) is 4.32. The molecule has 1 aliphatic carbocycles. The van der Waals surface area contributed by atoms with Crippen LogP contribution in [0.1, 0.15) is 18.9 Å². The first-order chi connectivity index (χ1) is 7.68. The molecule has 2 fully saturated rings. The van der Waals surface area contributed by atoms with Crippen molar-refractivity contribution in [3.05, 3.63) is 29.6 Å². The van der Waals surface area contributed by atoms with Gasteiger partial charge in [0, 0.05) is 11.1 Å². The number of hydrogen-bond acceptors (Lipinski definition) is 2. The van der Waals surface area contributed by atoms with Crippen LogP contribution in [0.3, 0.4) is 0 Å². The predicted molar refractivity (Wildman–Crippen MR) is 62.6 cm³/mol. The quantitative estimate of drug-likeness (QED) is 0.747. The number of hydrogen-bond donors (Lipinski definition) is 2. The van der Waals surface area contributed by atoms with Gasteiger partial charge in [-0.05, 0) is 55.1 Å². The molecule has 16 heavy (non-hydrogen) atoms. The lowest BCUT2D eigenvalue weighted by Crippen LogP contribution is -2.25. The number of halogens is 1. The van der Waals surface area contributed by atoms with E-state index in [9.17, 15) is 4.39 Å². The summed E-state index contributed by atoms with van der Waals surface area (Å²) in [4.78, 5) is 0. The number of fused-ring (bicyclic) bond motifs is 1. The maximum atomic E-state index is 13.4. The van der Waals surface area contributed by atoms with Gasteiger partial charge in [-0.3, -0.25) is 0 Å². The van der Waals surface area contributed by atoms with Crippen LogP contribution >= 0.6 is 0 Å². The van der Waals surface area contributed by atoms with Gasteiger partial charge in [0.05, 0.1) is 0 Å². The fourth-order valence-corrected chi connectivity index (χ4v) is 3.69. The lowest BCUT2D eigenvalue weighted by atomic mass is 9.87. The number of nitrogen functional groups attached to an aromatic ring is 1. The van der Waals surface area contributed by atoms with Crippen LogP contribution in [0.4, 0.5) is 10.1 Å². The average molecular weight is 220 g/mol. The Morgan fingerprint density at radius 1 is 1.38 bits per heavy atom. The number of piperidine rings is 1. The molecule has 0 aromatic heterocycles. The normalized spacial score (nSPS) is 36.1. The lowest BCUT2D eigenvalue weighted by molar-refractivity contribution is 0.498. The van der Waals surface area contributed by atoms with Crippen LogP contribution in [0.5, 0.6) is 0 Å². The molecule has 3 heteroatoms. The van der Waals surface area contributed by atoms with Gasteiger partial charge in [-0.2, -0.15) is 0 Å². The summed E-state index contributed by atoms with van der Waals surface area (Å²) in [5.41, 5.74) is 7.57. The van der Waals surface area contributed by atoms with Gasteiger partial charge in [0.1, 0.15) is 5.82 Å². The zero-order chi connectivity index (χ0) is 11.3.